The van der Waals surface area contributed by atoms with Crippen LogP contribution in [0.2, 0.25) is 0 Å². The minimum atomic E-state index is 0.566. The van der Waals surface area contributed by atoms with Gasteiger partial charge in [-0.1, -0.05) is 0 Å². The molecule has 1 rings (SSSR count). The zero-order chi connectivity index (χ0) is 8.65. The van der Waals surface area contributed by atoms with E-state index in [4.69, 9.17) is 11.2 Å². The van der Waals surface area contributed by atoms with Crippen molar-refractivity contribution in [3.8, 4) is 12.3 Å². The van der Waals surface area contributed by atoms with Gasteiger partial charge in [0.1, 0.15) is 0 Å². The van der Waals surface area contributed by atoms with Crippen LogP contribution in [-0.4, -0.2) is 25.8 Å². The normalized spacial score (nSPS) is 23.4. The molecule has 2 nitrogen and oxygen atoms in total. The number of hydrogen-bond acceptors (Lipinski definition) is 2. The van der Waals surface area contributed by atoms with Gasteiger partial charge >= 0.3 is 0 Å². The Morgan fingerprint density at radius 3 is 3.17 bits per heavy atom. The fourth-order valence-electron chi connectivity index (χ4n) is 1.40. The van der Waals surface area contributed by atoms with E-state index in [9.17, 15) is 0 Å². The van der Waals surface area contributed by atoms with Crippen molar-refractivity contribution in [3.05, 3.63) is 0 Å². The van der Waals surface area contributed by atoms with Gasteiger partial charge in [-0.3, -0.25) is 0 Å². The second-order valence-electron chi connectivity index (χ2n) is 3.18. The molecule has 0 spiro atoms. The summed E-state index contributed by atoms with van der Waals surface area (Å²) in [5.41, 5.74) is 0. The van der Waals surface area contributed by atoms with Crippen LogP contribution in [0, 0.1) is 12.3 Å². The Hall–Kier alpha value is -0.520. The lowest BCUT2D eigenvalue weighted by atomic mass is 10.1. The number of hydrogen-bond donors (Lipinski definition) is 1. The SMILES string of the molecule is C#CCCCNC1CCCOC1. The first-order valence-corrected chi connectivity index (χ1v) is 4.68. The molecule has 1 fully saturated rings. The molecular weight excluding hydrogens is 150 g/mol. The van der Waals surface area contributed by atoms with Crippen molar-refractivity contribution < 1.29 is 4.74 Å². The fraction of sp³-hybridized carbons (Fsp3) is 0.800. The van der Waals surface area contributed by atoms with E-state index in [1.807, 2.05) is 0 Å². The topological polar surface area (TPSA) is 21.3 Å². The molecule has 0 aromatic rings. The first-order chi connectivity index (χ1) is 5.93. The van der Waals surface area contributed by atoms with Crippen LogP contribution in [0.1, 0.15) is 25.7 Å². The lowest BCUT2D eigenvalue weighted by molar-refractivity contribution is 0.0705. The molecule has 1 saturated heterocycles. The molecule has 12 heavy (non-hydrogen) atoms. The van der Waals surface area contributed by atoms with Gasteiger partial charge in [-0.05, 0) is 25.8 Å². The summed E-state index contributed by atoms with van der Waals surface area (Å²) >= 11 is 0. The van der Waals surface area contributed by atoms with Gasteiger partial charge in [0.2, 0.25) is 0 Å². The van der Waals surface area contributed by atoms with E-state index >= 15 is 0 Å². The maximum Gasteiger partial charge on any atom is 0.0619 e. The quantitative estimate of drug-likeness (QED) is 0.501. The molecule has 1 atom stereocenters. The number of rotatable bonds is 4. The van der Waals surface area contributed by atoms with Crippen molar-refractivity contribution in [1.82, 2.24) is 5.32 Å². The monoisotopic (exact) mass is 167 g/mol. The van der Waals surface area contributed by atoms with E-state index in [0.29, 0.717) is 6.04 Å². The molecule has 0 amide bonds. The predicted molar refractivity (Wildman–Crippen MR) is 49.9 cm³/mol. The Kier molecular flexibility index (Phi) is 4.82. The molecule has 68 valence electrons. The molecule has 0 aliphatic carbocycles. The van der Waals surface area contributed by atoms with Crippen LogP contribution < -0.4 is 5.32 Å². The Morgan fingerprint density at radius 1 is 1.58 bits per heavy atom. The zero-order valence-corrected chi connectivity index (χ0v) is 7.51. The van der Waals surface area contributed by atoms with E-state index in [0.717, 1.165) is 32.6 Å². The number of unbranched alkanes of at least 4 members (excludes halogenated alkanes) is 1. The van der Waals surface area contributed by atoms with Gasteiger partial charge in [0, 0.05) is 19.1 Å². The average Bonchev–Trinajstić information content (AvgIpc) is 2.14. The van der Waals surface area contributed by atoms with Crippen LogP contribution in [0.4, 0.5) is 0 Å². The summed E-state index contributed by atoms with van der Waals surface area (Å²) in [4.78, 5) is 0. The summed E-state index contributed by atoms with van der Waals surface area (Å²) in [6.45, 7) is 2.83. The molecule has 1 unspecified atom stereocenters. The van der Waals surface area contributed by atoms with Gasteiger partial charge < -0.3 is 10.1 Å². The van der Waals surface area contributed by atoms with E-state index in [2.05, 4.69) is 11.2 Å². The highest BCUT2D eigenvalue weighted by molar-refractivity contribution is 4.83. The minimum absolute atomic E-state index is 0.566. The summed E-state index contributed by atoms with van der Waals surface area (Å²) in [6.07, 6.45) is 9.53. The lowest BCUT2D eigenvalue weighted by Gasteiger charge is -2.22. The van der Waals surface area contributed by atoms with Gasteiger partial charge in [-0.15, -0.1) is 12.3 Å². The smallest absolute Gasteiger partial charge is 0.0619 e. The Bertz CT molecular complexity index is 144. The van der Waals surface area contributed by atoms with E-state index in [1.165, 1.54) is 12.8 Å². The highest BCUT2D eigenvalue weighted by Gasteiger charge is 2.11. The van der Waals surface area contributed by atoms with Crippen molar-refractivity contribution in [3.63, 3.8) is 0 Å². The predicted octanol–water partition coefficient (Wildman–Crippen LogP) is 1.17. The summed E-state index contributed by atoms with van der Waals surface area (Å²) < 4.78 is 5.34. The fourth-order valence-corrected chi connectivity index (χ4v) is 1.40. The third kappa shape index (κ3) is 3.75. The Labute approximate surface area is 74.7 Å². The Balaban J connectivity index is 1.95. The molecule has 1 heterocycles. The van der Waals surface area contributed by atoms with Gasteiger partial charge in [-0.25, -0.2) is 0 Å². The van der Waals surface area contributed by atoms with Gasteiger partial charge in [-0.2, -0.15) is 0 Å². The van der Waals surface area contributed by atoms with Crippen LogP contribution in [0.5, 0.6) is 0 Å². The minimum Gasteiger partial charge on any atom is -0.380 e. The molecule has 0 aromatic carbocycles. The van der Waals surface area contributed by atoms with Crippen molar-refractivity contribution in [2.75, 3.05) is 19.8 Å². The lowest BCUT2D eigenvalue weighted by Crippen LogP contribution is -2.37. The standard InChI is InChI=1S/C10H17NO/c1-2-3-4-7-11-10-6-5-8-12-9-10/h1,10-11H,3-9H2. The maximum absolute atomic E-state index is 5.34. The number of ether oxygens (including phenoxy) is 1. The first-order valence-electron chi connectivity index (χ1n) is 4.68. The van der Waals surface area contributed by atoms with Crippen molar-refractivity contribution in [1.29, 1.82) is 0 Å². The largest absolute Gasteiger partial charge is 0.380 e. The summed E-state index contributed by atoms with van der Waals surface area (Å²) in [5, 5.41) is 3.44. The van der Waals surface area contributed by atoms with Crippen LogP contribution >= 0.6 is 0 Å². The molecule has 1 aliphatic rings. The summed E-state index contributed by atoms with van der Waals surface area (Å²) in [7, 11) is 0. The highest BCUT2D eigenvalue weighted by Crippen LogP contribution is 2.05. The third-order valence-electron chi connectivity index (χ3n) is 2.09. The molecule has 1 aliphatic heterocycles. The maximum atomic E-state index is 5.34. The van der Waals surface area contributed by atoms with Gasteiger partial charge in [0.15, 0.2) is 0 Å². The second kappa shape index (κ2) is 6.05. The third-order valence-corrected chi connectivity index (χ3v) is 2.09. The molecule has 1 N–H and O–H groups in total. The molecular formula is C10H17NO. The first kappa shape index (κ1) is 9.57. The van der Waals surface area contributed by atoms with Crippen molar-refractivity contribution in [2.24, 2.45) is 0 Å². The second-order valence-corrected chi connectivity index (χ2v) is 3.18. The average molecular weight is 167 g/mol. The highest BCUT2D eigenvalue weighted by atomic mass is 16.5. The van der Waals surface area contributed by atoms with Crippen LogP contribution in [-0.2, 0) is 4.74 Å². The van der Waals surface area contributed by atoms with Gasteiger partial charge in [0.25, 0.3) is 0 Å². The molecule has 0 saturated carbocycles. The number of terminal acetylenes is 1. The Morgan fingerprint density at radius 2 is 2.50 bits per heavy atom. The summed E-state index contributed by atoms with van der Waals surface area (Å²) in [5.74, 6) is 2.63. The summed E-state index contributed by atoms with van der Waals surface area (Å²) in [6, 6.07) is 0.566. The van der Waals surface area contributed by atoms with Crippen LogP contribution in [0.15, 0.2) is 0 Å². The van der Waals surface area contributed by atoms with Crippen molar-refractivity contribution >= 4 is 0 Å². The molecule has 2 heteroatoms. The van der Waals surface area contributed by atoms with Crippen LogP contribution in [0.25, 0.3) is 0 Å². The molecule has 0 aromatic heterocycles. The van der Waals surface area contributed by atoms with Crippen molar-refractivity contribution in [2.45, 2.75) is 31.7 Å². The zero-order valence-electron chi connectivity index (χ0n) is 7.51. The van der Waals surface area contributed by atoms with Crippen LogP contribution in [0.3, 0.4) is 0 Å². The number of nitrogens with one attached hydrogen (secondary N) is 1. The molecule has 0 bridgehead atoms. The van der Waals surface area contributed by atoms with E-state index in [1.54, 1.807) is 0 Å². The molecule has 0 radical (unpaired) electrons. The van der Waals surface area contributed by atoms with E-state index < -0.39 is 0 Å². The van der Waals surface area contributed by atoms with Gasteiger partial charge in [0.05, 0.1) is 6.61 Å². The van der Waals surface area contributed by atoms with E-state index in [-0.39, 0.29) is 0 Å².